The van der Waals surface area contributed by atoms with Crippen LogP contribution in [0.25, 0.3) is 0 Å². The Morgan fingerprint density at radius 2 is 0.929 bits per heavy atom. The molecule has 0 aliphatic rings. The lowest BCUT2D eigenvalue weighted by Gasteiger charge is -2.23. The fourth-order valence-corrected chi connectivity index (χ4v) is 6.64. The highest BCUT2D eigenvalue weighted by Crippen LogP contribution is 2.22. The van der Waals surface area contributed by atoms with Crippen LogP contribution in [0.1, 0.15) is 132 Å². The molecule has 5 N–H and O–H groups in total. The van der Waals surface area contributed by atoms with Crippen molar-refractivity contribution in [3.8, 4) is 0 Å². The van der Waals surface area contributed by atoms with Crippen LogP contribution >= 0.6 is 0 Å². The van der Waals surface area contributed by atoms with Gasteiger partial charge in [0.15, 0.2) is 6.29 Å². The lowest BCUT2D eigenvalue weighted by atomic mass is 9.91. The van der Waals surface area contributed by atoms with Gasteiger partial charge in [0.1, 0.15) is 0 Å². The molecule has 0 fully saturated rings. The predicted molar refractivity (Wildman–Crippen MR) is 233 cm³/mol. The van der Waals surface area contributed by atoms with E-state index >= 15 is 0 Å². The zero-order valence-corrected chi connectivity index (χ0v) is 38.3. The van der Waals surface area contributed by atoms with Gasteiger partial charge in [0.25, 0.3) is 0 Å². The smallest absolute Gasteiger partial charge is 0.154 e. The molecule has 0 aliphatic carbocycles. The van der Waals surface area contributed by atoms with Crippen molar-refractivity contribution in [1.82, 2.24) is 0 Å². The summed E-state index contributed by atoms with van der Waals surface area (Å²) in [6.07, 6.45) is 21.8. The molecule has 334 valence electrons. The minimum absolute atomic E-state index is 0.0613. The number of rotatable bonds is 31. The van der Waals surface area contributed by atoms with Gasteiger partial charge in [-0.3, -0.25) is 0 Å². The number of ether oxygens (including phenoxy) is 5. The van der Waals surface area contributed by atoms with Crippen molar-refractivity contribution in [3.05, 3.63) is 47.6 Å². The lowest BCUT2D eigenvalue weighted by molar-refractivity contribution is -0.0854. The summed E-state index contributed by atoms with van der Waals surface area (Å²) >= 11 is 0. The fourth-order valence-electron chi connectivity index (χ4n) is 6.64. The highest BCUT2D eigenvalue weighted by atomic mass is 16.6. The van der Waals surface area contributed by atoms with Crippen LogP contribution in [0.2, 0.25) is 0 Å². The summed E-state index contributed by atoms with van der Waals surface area (Å²) in [7, 11) is 9.43. The van der Waals surface area contributed by atoms with Gasteiger partial charge in [-0.25, -0.2) is 0 Å². The Hall–Kier alpha value is -1.44. The Balaban J connectivity index is -0.000000963. The molecular weight excluding hydrogens is 712 g/mol. The summed E-state index contributed by atoms with van der Waals surface area (Å²) in [6, 6.07) is 0. The second-order valence-corrected chi connectivity index (χ2v) is 15.4. The first-order chi connectivity index (χ1) is 26.7. The molecule has 10 heteroatoms. The quantitative estimate of drug-likeness (QED) is 0.0341. The average molecular weight is 803 g/mol. The van der Waals surface area contributed by atoms with E-state index in [1.165, 1.54) is 18.3 Å². The van der Waals surface area contributed by atoms with E-state index in [4.69, 9.17) is 33.9 Å². The number of methoxy groups -OCH3 is 5. The molecule has 0 saturated carbocycles. The van der Waals surface area contributed by atoms with Gasteiger partial charge in [-0.15, -0.1) is 0 Å². The molecule has 0 bridgehead atoms. The van der Waals surface area contributed by atoms with Crippen molar-refractivity contribution in [1.29, 1.82) is 0 Å². The third-order valence-electron chi connectivity index (χ3n) is 10.8. The van der Waals surface area contributed by atoms with Crippen LogP contribution in [0.4, 0.5) is 0 Å². The number of hydrogen-bond donors (Lipinski definition) is 5. The predicted octanol–water partition coefficient (Wildman–Crippen LogP) is 8.59. The molecule has 0 amide bonds. The molecule has 0 aliphatic heterocycles. The Morgan fingerprint density at radius 3 is 1.25 bits per heavy atom. The van der Waals surface area contributed by atoms with Gasteiger partial charge in [-0.1, -0.05) is 89.1 Å². The van der Waals surface area contributed by atoms with Crippen LogP contribution in [-0.2, 0) is 23.7 Å². The molecule has 0 heterocycles. The van der Waals surface area contributed by atoms with Crippen LogP contribution in [0.3, 0.4) is 0 Å². The highest BCUT2D eigenvalue weighted by Gasteiger charge is 2.20. The molecule has 0 saturated heterocycles. The molecule has 10 nitrogen and oxygen atoms in total. The van der Waals surface area contributed by atoms with Crippen molar-refractivity contribution in [2.24, 2.45) is 23.7 Å². The van der Waals surface area contributed by atoms with Gasteiger partial charge in [0, 0.05) is 67.5 Å². The SMILES string of the molecule is CCC(OC)C(C)CCC(O)C(C)/C=C/C=C(\C)CC(CCCO)OC.CCC(OC)C(C)CCC(O)C(C)/C=C/C=C(\C)C[C@@H](CC[C@@H](O)OC)OC.CO. The van der Waals surface area contributed by atoms with Crippen LogP contribution in [0, 0.1) is 23.7 Å². The third kappa shape index (κ3) is 30.6. The average Bonchev–Trinajstić information content (AvgIpc) is 3.20. The molecule has 0 rings (SSSR count). The molecule has 0 aromatic heterocycles. The van der Waals surface area contributed by atoms with Crippen molar-refractivity contribution in [2.45, 2.75) is 175 Å². The third-order valence-corrected chi connectivity index (χ3v) is 10.8. The van der Waals surface area contributed by atoms with Crippen molar-refractivity contribution >= 4 is 0 Å². The molecule has 56 heavy (non-hydrogen) atoms. The standard InChI is InChI=1S/C23H44O5.C22H42O4.CH4O/c1-8-22(27-6)19(4)12-14-21(24)18(3)11-9-10-17(2)16-20(26-5)13-15-23(25)28-7;1-7-22(26-6)19(4)13-14-21(24)18(3)11-8-10-17(2)16-20(25-5)12-9-15-23;1-2/h9-11,18-25H,8,12-16H2,1-7H3;8,10-11,18-24H,7,9,12-16H2,1-6H3;2H,1H3/b11-9+,17-10+;11-8+,17-10+;/t18?,19?,20-,21?,22?,23+;;/m1../s1. The summed E-state index contributed by atoms with van der Waals surface area (Å²) in [5.74, 6) is 1.14. The maximum absolute atomic E-state index is 10.4. The molecule has 9 unspecified atom stereocenters. The first-order valence-corrected chi connectivity index (χ1v) is 21.1. The molecule has 0 aromatic carbocycles. The Kier molecular flexibility index (Phi) is 41.0. The van der Waals surface area contributed by atoms with E-state index in [9.17, 15) is 15.3 Å². The first kappa shape index (κ1) is 58.9. The zero-order valence-electron chi connectivity index (χ0n) is 38.3. The van der Waals surface area contributed by atoms with Crippen LogP contribution in [-0.4, -0.2) is 118 Å². The van der Waals surface area contributed by atoms with Gasteiger partial charge in [-0.2, -0.15) is 0 Å². The Morgan fingerprint density at radius 1 is 0.536 bits per heavy atom. The minimum Gasteiger partial charge on any atom is -0.400 e. The lowest BCUT2D eigenvalue weighted by Crippen LogP contribution is -2.23. The Labute approximate surface area is 344 Å². The second-order valence-electron chi connectivity index (χ2n) is 15.4. The van der Waals surface area contributed by atoms with Gasteiger partial charge in [-0.05, 0) is 96.3 Å². The normalized spacial score (nSPS) is 18.5. The molecule has 0 aromatic rings. The van der Waals surface area contributed by atoms with Gasteiger partial charge >= 0.3 is 0 Å². The van der Waals surface area contributed by atoms with Gasteiger partial charge < -0.3 is 49.2 Å². The molecule has 0 spiro atoms. The monoisotopic (exact) mass is 803 g/mol. The molecular formula is C46H90O10. The maximum atomic E-state index is 10.4. The van der Waals surface area contributed by atoms with E-state index in [-0.39, 0.29) is 55.1 Å². The number of hydrogen-bond acceptors (Lipinski definition) is 10. The zero-order chi connectivity index (χ0) is 43.5. The molecule has 0 radical (unpaired) electrons. The van der Waals surface area contributed by atoms with Crippen molar-refractivity contribution < 1.29 is 49.2 Å². The van der Waals surface area contributed by atoms with E-state index in [1.807, 2.05) is 19.1 Å². The summed E-state index contributed by atoms with van der Waals surface area (Å²) in [5, 5.41) is 46.2. The van der Waals surface area contributed by atoms with Gasteiger partial charge in [0.05, 0.1) is 36.6 Å². The number of allylic oxidation sites excluding steroid dienone is 4. The van der Waals surface area contributed by atoms with Crippen molar-refractivity contribution in [3.63, 3.8) is 0 Å². The Bertz CT molecular complexity index is 975. The van der Waals surface area contributed by atoms with E-state index < -0.39 is 6.29 Å². The van der Waals surface area contributed by atoms with E-state index in [0.29, 0.717) is 18.3 Å². The summed E-state index contributed by atoms with van der Waals surface area (Å²) in [6.45, 7) is 17.1. The van der Waals surface area contributed by atoms with Crippen LogP contribution in [0.15, 0.2) is 47.6 Å². The topological polar surface area (TPSA) is 147 Å². The maximum Gasteiger partial charge on any atom is 0.154 e. The summed E-state index contributed by atoms with van der Waals surface area (Å²) in [5.41, 5.74) is 2.45. The molecule has 11 atom stereocenters. The summed E-state index contributed by atoms with van der Waals surface area (Å²) < 4.78 is 26.8. The van der Waals surface area contributed by atoms with Gasteiger partial charge in [0.2, 0.25) is 0 Å². The van der Waals surface area contributed by atoms with Crippen LogP contribution in [0.5, 0.6) is 0 Å². The van der Waals surface area contributed by atoms with E-state index in [0.717, 1.165) is 77.7 Å². The van der Waals surface area contributed by atoms with E-state index in [1.54, 1.807) is 28.4 Å². The largest absolute Gasteiger partial charge is 0.400 e. The first-order valence-electron chi connectivity index (χ1n) is 21.1. The summed E-state index contributed by atoms with van der Waals surface area (Å²) in [4.78, 5) is 0. The number of aliphatic hydroxyl groups excluding tert-OH is 5. The van der Waals surface area contributed by atoms with Crippen molar-refractivity contribution in [2.75, 3.05) is 49.3 Å². The van der Waals surface area contributed by atoms with E-state index in [2.05, 4.69) is 72.8 Å². The highest BCUT2D eigenvalue weighted by molar-refractivity contribution is 5.13. The minimum atomic E-state index is -0.733. The number of aliphatic hydroxyl groups is 5. The second kappa shape index (κ2) is 39.0. The fraction of sp³-hybridized carbons (Fsp3) is 0.826. The van der Waals surface area contributed by atoms with Crippen LogP contribution < -0.4 is 0 Å².